The highest BCUT2D eigenvalue weighted by Crippen LogP contribution is 2.25. The Kier molecular flexibility index (Phi) is 5.90. The maximum absolute atomic E-state index is 11.7. The first-order valence-corrected chi connectivity index (χ1v) is 8.72. The van der Waals surface area contributed by atoms with Gasteiger partial charge in [0.05, 0.1) is 19.8 Å². The van der Waals surface area contributed by atoms with Crippen molar-refractivity contribution in [3.63, 3.8) is 0 Å². The number of likely N-dealkylation sites (N-methyl/N-ethyl adjacent to an activating group) is 1. The van der Waals surface area contributed by atoms with E-state index in [2.05, 4.69) is 32.8 Å². The van der Waals surface area contributed by atoms with Crippen molar-refractivity contribution in [1.82, 2.24) is 19.4 Å². The van der Waals surface area contributed by atoms with Gasteiger partial charge in [-0.2, -0.15) is 0 Å². The number of methoxy groups -OCH3 is 1. The smallest absolute Gasteiger partial charge is 0.248 e. The van der Waals surface area contributed by atoms with E-state index in [9.17, 15) is 4.79 Å². The standard InChI is InChI=1S/C19H26N4O3/c1-21(2)18(24)14-26-13-17-12-22(11-16-7-5-9-23(16)17)10-15-6-4-8-20-19(15)25-3/h4-9,17H,10-14H2,1-3H3/t17-/m0/s1. The number of hydrogen-bond donors (Lipinski definition) is 0. The zero-order valence-corrected chi connectivity index (χ0v) is 15.6. The van der Waals surface area contributed by atoms with E-state index in [4.69, 9.17) is 9.47 Å². The van der Waals surface area contributed by atoms with E-state index < -0.39 is 0 Å². The Morgan fingerprint density at radius 1 is 1.35 bits per heavy atom. The minimum absolute atomic E-state index is 0.0227. The predicted octanol–water partition coefficient (Wildman–Crippen LogP) is 1.55. The molecule has 1 atom stereocenters. The summed E-state index contributed by atoms with van der Waals surface area (Å²) in [5, 5.41) is 0. The number of rotatable bonds is 7. The lowest BCUT2D eigenvalue weighted by Crippen LogP contribution is -2.39. The summed E-state index contributed by atoms with van der Waals surface area (Å²) in [4.78, 5) is 19.9. The zero-order chi connectivity index (χ0) is 18.5. The lowest BCUT2D eigenvalue weighted by atomic mass is 10.1. The number of ether oxygens (including phenoxy) is 2. The normalized spacial score (nSPS) is 17.0. The third kappa shape index (κ3) is 4.23. The van der Waals surface area contributed by atoms with Gasteiger partial charge in [-0.25, -0.2) is 4.98 Å². The third-order valence-electron chi connectivity index (χ3n) is 4.59. The minimum Gasteiger partial charge on any atom is -0.481 e. The highest BCUT2D eigenvalue weighted by molar-refractivity contribution is 5.76. The van der Waals surface area contributed by atoms with Gasteiger partial charge in [0.15, 0.2) is 0 Å². The van der Waals surface area contributed by atoms with Crippen molar-refractivity contribution in [1.29, 1.82) is 0 Å². The van der Waals surface area contributed by atoms with Gasteiger partial charge < -0.3 is 18.9 Å². The molecule has 140 valence electrons. The van der Waals surface area contributed by atoms with E-state index in [1.807, 2.05) is 12.1 Å². The lowest BCUT2D eigenvalue weighted by Gasteiger charge is -2.35. The van der Waals surface area contributed by atoms with Crippen LogP contribution in [0.3, 0.4) is 0 Å². The van der Waals surface area contributed by atoms with Crippen LogP contribution in [0.2, 0.25) is 0 Å². The second kappa shape index (κ2) is 8.33. The van der Waals surface area contributed by atoms with Crippen LogP contribution in [0.5, 0.6) is 5.88 Å². The van der Waals surface area contributed by atoms with Crippen molar-refractivity contribution in [2.45, 2.75) is 19.1 Å². The van der Waals surface area contributed by atoms with Crippen molar-refractivity contribution >= 4 is 5.91 Å². The van der Waals surface area contributed by atoms with Crippen molar-refractivity contribution in [2.75, 3.05) is 41.0 Å². The first-order chi connectivity index (χ1) is 12.6. The maximum atomic E-state index is 11.7. The molecule has 1 aliphatic rings. The van der Waals surface area contributed by atoms with Crippen LogP contribution in [0.1, 0.15) is 17.3 Å². The summed E-state index contributed by atoms with van der Waals surface area (Å²) in [6.45, 7) is 3.07. The van der Waals surface area contributed by atoms with Gasteiger partial charge in [0, 0.05) is 57.4 Å². The van der Waals surface area contributed by atoms with Gasteiger partial charge in [0.1, 0.15) is 6.61 Å². The van der Waals surface area contributed by atoms with Crippen LogP contribution < -0.4 is 4.74 Å². The van der Waals surface area contributed by atoms with E-state index in [0.29, 0.717) is 12.5 Å². The Morgan fingerprint density at radius 3 is 2.96 bits per heavy atom. The molecule has 0 bridgehead atoms. The summed E-state index contributed by atoms with van der Waals surface area (Å²) in [6.07, 6.45) is 3.82. The van der Waals surface area contributed by atoms with Crippen LogP contribution in [-0.4, -0.2) is 66.2 Å². The number of carbonyl (C=O) groups excluding carboxylic acids is 1. The molecular weight excluding hydrogens is 332 g/mol. The van der Waals surface area contributed by atoms with Crippen LogP contribution in [0.25, 0.3) is 0 Å². The summed E-state index contributed by atoms with van der Waals surface area (Å²) in [7, 11) is 5.12. The minimum atomic E-state index is -0.0227. The fourth-order valence-corrected chi connectivity index (χ4v) is 3.23. The number of fused-ring (bicyclic) bond motifs is 1. The summed E-state index contributed by atoms with van der Waals surface area (Å²) >= 11 is 0. The molecule has 26 heavy (non-hydrogen) atoms. The third-order valence-corrected chi connectivity index (χ3v) is 4.59. The van der Waals surface area contributed by atoms with Gasteiger partial charge in [0.25, 0.3) is 0 Å². The van der Waals surface area contributed by atoms with Gasteiger partial charge in [-0.1, -0.05) is 6.07 Å². The summed E-state index contributed by atoms with van der Waals surface area (Å²) in [5.41, 5.74) is 2.31. The van der Waals surface area contributed by atoms with Crippen LogP contribution >= 0.6 is 0 Å². The van der Waals surface area contributed by atoms with E-state index in [1.54, 1.807) is 32.3 Å². The highest BCUT2D eigenvalue weighted by Gasteiger charge is 2.25. The van der Waals surface area contributed by atoms with Crippen molar-refractivity contribution < 1.29 is 14.3 Å². The largest absolute Gasteiger partial charge is 0.481 e. The molecule has 7 nitrogen and oxygen atoms in total. The molecular formula is C19H26N4O3. The Bertz CT molecular complexity index is 744. The van der Waals surface area contributed by atoms with Crippen molar-refractivity contribution in [3.05, 3.63) is 47.9 Å². The Hall–Kier alpha value is -2.38. The second-order valence-corrected chi connectivity index (χ2v) is 6.71. The fraction of sp³-hybridized carbons (Fsp3) is 0.474. The predicted molar refractivity (Wildman–Crippen MR) is 97.9 cm³/mol. The molecule has 0 saturated heterocycles. The molecule has 2 aromatic heterocycles. The SMILES string of the molecule is COc1ncccc1CN1Cc2cccn2[C@H](COCC(=O)N(C)C)C1. The fourth-order valence-electron chi connectivity index (χ4n) is 3.23. The average Bonchev–Trinajstić information content (AvgIpc) is 3.10. The first-order valence-electron chi connectivity index (χ1n) is 8.72. The van der Waals surface area contributed by atoms with Crippen LogP contribution in [0.4, 0.5) is 0 Å². The molecule has 3 heterocycles. The van der Waals surface area contributed by atoms with E-state index in [0.717, 1.165) is 25.2 Å². The molecule has 3 rings (SSSR count). The molecule has 0 aromatic carbocycles. The Morgan fingerprint density at radius 2 is 2.19 bits per heavy atom. The molecule has 0 unspecified atom stereocenters. The van der Waals surface area contributed by atoms with E-state index in [-0.39, 0.29) is 18.6 Å². The Labute approximate surface area is 154 Å². The second-order valence-electron chi connectivity index (χ2n) is 6.71. The van der Waals surface area contributed by atoms with Crippen LogP contribution in [-0.2, 0) is 22.6 Å². The molecule has 0 spiro atoms. The van der Waals surface area contributed by atoms with Crippen LogP contribution in [0.15, 0.2) is 36.7 Å². The zero-order valence-electron chi connectivity index (χ0n) is 15.6. The van der Waals surface area contributed by atoms with E-state index >= 15 is 0 Å². The molecule has 0 radical (unpaired) electrons. The first kappa shape index (κ1) is 18.4. The average molecular weight is 358 g/mol. The van der Waals surface area contributed by atoms with Gasteiger partial charge >= 0.3 is 0 Å². The molecule has 0 fully saturated rings. The maximum Gasteiger partial charge on any atom is 0.248 e. The van der Waals surface area contributed by atoms with Gasteiger partial charge in [-0.15, -0.1) is 0 Å². The van der Waals surface area contributed by atoms with Gasteiger partial charge in [-0.3, -0.25) is 9.69 Å². The van der Waals surface area contributed by atoms with Gasteiger partial charge in [0.2, 0.25) is 11.8 Å². The molecule has 1 amide bonds. The number of hydrogen-bond acceptors (Lipinski definition) is 5. The summed E-state index contributed by atoms with van der Waals surface area (Å²) in [6, 6.07) is 8.33. The molecule has 2 aromatic rings. The monoisotopic (exact) mass is 358 g/mol. The quantitative estimate of drug-likeness (QED) is 0.752. The van der Waals surface area contributed by atoms with Crippen molar-refractivity contribution in [2.24, 2.45) is 0 Å². The lowest BCUT2D eigenvalue weighted by molar-refractivity contribution is -0.134. The van der Waals surface area contributed by atoms with E-state index in [1.165, 1.54) is 5.69 Å². The number of aromatic nitrogens is 2. The Balaban J connectivity index is 1.66. The summed E-state index contributed by atoms with van der Waals surface area (Å²) in [5.74, 6) is 0.642. The molecule has 0 N–H and O–H groups in total. The number of pyridine rings is 1. The highest BCUT2D eigenvalue weighted by atomic mass is 16.5. The van der Waals surface area contributed by atoms with Crippen molar-refractivity contribution in [3.8, 4) is 5.88 Å². The number of carbonyl (C=O) groups is 1. The number of nitrogens with zero attached hydrogens (tertiary/aromatic N) is 4. The van der Waals surface area contributed by atoms with Crippen LogP contribution in [0, 0.1) is 0 Å². The molecule has 1 aliphatic heterocycles. The topological polar surface area (TPSA) is 59.8 Å². The van der Waals surface area contributed by atoms with Gasteiger partial charge in [-0.05, 0) is 18.2 Å². The summed E-state index contributed by atoms with van der Waals surface area (Å²) < 4.78 is 13.3. The molecule has 7 heteroatoms. The molecule has 0 saturated carbocycles. The number of amides is 1. The molecule has 0 aliphatic carbocycles.